The number of nitrogens with zero attached hydrogens (tertiary/aromatic N) is 1. The summed E-state index contributed by atoms with van der Waals surface area (Å²) in [4.78, 5) is 28.7. The van der Waals surface area contributed by atoms with Crippen LogP contribution >= 0.6 is 0 Å². The SMILES string of the molecule is O=C(CCCC(=O)Oc1ccc2nc3ccccc3cc2c1)NCc1ccccc1. The van der Waals surface area contributed by atoms with Gasteiger partial charge in [-0.2, -0.15) is 0 Å². The molecule has 1 amide bonds. The van der Waals surface area contributed by atoms with Crippen LogP contribution in [0.25, 0.3) is 21.8 Å². The third-order valence-corrected chi connectivity index (χ3v) is 4.84. The number of nitrogens with one attached hydrogen (secondary N) is 1. The number of carbonyl (C=O) groups is 2. The first-order chi connectivity index (χ1) is 14.7. The largest absolute Gasteiger partial charge is 0.427 e. The Morgan fingerprint density at radius 1 is 0.800 bits per heavy atom. The third kappa shape index (κ3) is 5.00. The number of para-hydroxylation sites is 1. The van der Waals surface area contributed by atoms with E-state index >= 15 is 0 Å². The van der Waals surface area contributed by atoms with Gasteiger partial charge in [-0.15, -0.1) is 0 Å². The summed E-state index contributed by atoms with van der Waals surface area (Å²) in [5.41, 5.74) is 2.83. The molecule has 3 aromatic carbocycles. The summed E-state index contributed by atoms with van der Waals surface area (Å²) in [6, 6.07) is 25.1. The van der Waals surface area contributed by atoms with E-state index in [2.05, 4.69) is 10.3 Å². The fourth-order valence-corrected chi connectivity index (χ4v) is 3.28. The van der Waals surface area contributed by atoms with Crippen LogP contribution in [-0.2, 0) is 16.1 Å². The Morgan fingerprint density at radius 2 is 1.57 bits per heavy atom. The Hall–Kier alpha value is -3.73. The first kappa shape index (κ1) is 19.6. The molecule has 4 aromatic rings. The molecule has 0 bridgehead atoms. The molecule has 0 unspecified atom stereocenters. The van der Waals surface area contributed by atoms with Crippen LogP contribution in [0.3, 0.4) is 0 Å². The minimum Gasteiger partial charge on any atom is -0.427 e. The van der Waals surface area contributed by atoms with Crippen LogP contribution in [0.2, 0.25) is 0 Å². The Bertz CT molecular complexity index is 1190. The van der Waals surface area contributed by atoms with E-state index in [9.17, 15) is 9.59 Å². The second-order valence-corrected chi connectivity index (χ2v) is 7.13. The van der Waals surface area contributed by atoms with Crippen molar-refractivity contribution in [3.63, 3.8) is 0 Å². The monoisotopic (exact) mass is 398 g/mol. The van der Waals surface area contributed by atoms with Crippen molar-refractivity contribution in [1.82, 2.24) is 10.3 Å². The Morgan fingerprint density at radius 3 is 2.43 bits per heavy atom. The highest BCUT2D eigenvalue weighted by molar-refractivity contribution is 5.93. The molecule has 30 heavy (non-hydrogen) atoms. The lowest BCUT2D eigenvalue weighted by molar-refractivity contribution is -0.134. The number of esters is 1. The number of ether oxygens (including phenoxy) is 1. The van der Waals surface area contributed by atoms with Gasteiger partial charge >= 0.3 is 5.97 Å². The lowest BCUT2D eigenvalue weighted by Gasteiger charge is -2.07. The molecule has 5 nitrogen and oxygen atoms in total. The van der Waals surface area contributed by atoms with E-state index in [1.165, 1.54) is 0 Å². The van der Waals surface area contributed by atoms with Gasteiger partial charge in [-0.25, -0.2) is 4.98 Å². The van der Waals surface area contributed by atoms with Crippen molar-refractivity contribution in [2.24, 2.45) is 0 Å². The molecule has 0 atom stereocenters. The van der Waals surface area contributed by atoms with Crippen molar-refractivity contribution in [2.45, 2.75) is 25.8 Å². The van der Waals surface area contributed by atoms with Crippen molar-refractivity contribution in [1.29, 1.82) is 0 Å². The van der Waals surface area contributed by atoms with E-state index in [4.69, 9.17) is 4.74 Å². The van der Waals surface area contributed by atoms with Crippen molar-refractivity contribution in [3.8, 4) is 5.75 Å². The van der Waals surface area contributed by atoms with Gasteiger partial charge in [0.1, 0.15) is 5.75 Å². The molecule has 4 rings (SSSR count). The maximum atomic E-state index is 12.2. The minimum absolute atomic E-state index is 0.0738. The van der Waals surface area contributed by atoms with E-state index in [1.807, 2.05) is 72.8 Å². The highest BCUT2D eigenvalue weighted by Crippen LogP contribution is 2.24. The number of benzene rings is 3. The van der Waals surface area contributed by atoms with Crippen LogP contribution < -0.4 is 10.1 Å². The zero-order valence-corrected chi connectivity index (χ0v) is 16.5. The van der Waals surface area contributed by atoms with Gasteiger partial charge in [0, 0.05) is 30.2 Å². The zero-order valence-electron chi connectivity index (χ0n) is 16.5. The van der Waals surface area contributed by atoms with Crippen molar-refractivity contribution in [2.75, 3.05) is 0 Å². The fraction of sp³-hybridized carbons (Fsp3) is 0.160. The molecular formula is C25H22N2O3. The minimum atomic E-state index is -0.348. The summed E-state index contributed by atoms with van der Waals surface area (Å²) < 4.78 is 5.45. The highest BCUT2D eigenvalue weighted by Gasteiger charge is 2.09. The lowest BCUT2D eigenvalue weighted by Crippen LogP contribution is -2.22. The summed E-state index contributed by atoms with van der Waals surface area (Å²) in [5.74, 6) is 0.0624. The van der Waals surface area contributed by atoms with Gasteiger partial charge < -0.3 is 10.1 Å². The lowest BCUT2D eigenvalue weighted by atomic mass is 10.1. The number of rotatable bonds is 7. The second-order valence-electron chi connectivity index (χ2n) is 7.13. The third-order valence-electron chi connectivity index (χ3n) is 4.84. The molecule has 0 saturated carbocycles. The molecule has 1 aromatic heterocycles. The van der Waals surface area contributed by atoms with E-state index in [0.29, 0.717) is 18.7 Å². The van der Waals surface area contributed by atoms with Gasteiger partial charge in [-0.3, -0.25) is 9.59 Å². The quantitative estimate of drug-likeness (QED) is 0.276. The van der Waals surface area contributed by atoms with Crippen LogP contribution in [0.15, 0.2) is 78.9 Å². The average molecular weight is 398 g/mol. The predicted octanol–water partition coefficient (Wildman–Crippen LogP) is 4.78. The zero-order chi connectivity index (χ0) is 20.8. The van der Waals surface area contributed by atoms with Crippen molar-refractivity contribution >= 4 is 33.7 Å². The second kappa shape index (κ2) is 9.18. The molecule has 0 aliphatic heterocycles. The van der Waals surface area contributed by atoms with Gasteiger partial charge in [0.15, 0.2) is 0 Å². The number of fused-ring (bicyclic) bond motifs is 2. The number of hydrogen-bond donors (Lipinski definition) is 1. The number of hydrogen-bond acceptors (Lipinski definition) is 4. The smallest absolute Gasteiger partial charge is 0.311 e. The summed E-state index contributed by atoms with van der Waals surface area (Å²) in [6.07, 6.45) is 0.918. The standard InChI is InChI=1S/C25H22N2O3/c28-24(26-17-18-7-2-1-3-8-18)11-6-12-25(29)30-21-13-14-23-20(16-21)15-19-9-4-5-10-22(19)27-23/h1-5,7-10,13-16H,6,11-12,17H2,(H,26,28). The van der Waals surface area contributed by atoms with E-state index in [1.54, 1.807) is 6.07 Å². The highest BCUT2D eigenvalue weighted by atomic mass is 16.5. The maximum absolute atomic E-state index is 12.2. The van der Waals surface area contributed by atoms with Crippen molar-refractivity contribution in [3.05, 3.63) is 84.4 Å². The predicted molar refractivity (Wildman–Crippen MR) is 117 cm³/mol. The topological polar surface area (TPSA) is 68.3 Å². The summed E-state index contributed by atoms with van der Waals surface area (Å²) >= 11 is 0. The molecule has 1 N–H and O–H groups in total. The van der Waals surface area contributed by atoms with Crippen LogP contribution in [0.1, 0.15) is 24.8 Å². The van der Waals surface area contributed by atoms with Crippen LogP contribution in [-0.4, -0.2) is 16.9 Å². The molecule has 0 fully saturated rings. The van der Waals surface area contributed by atoms with E-state index in [-0.39, 0.29) is 24.7 Å². The van der Waals surface area contributed by atoms with E-state index < -0.39 is 0 Å². The maximum Gasteiger partial charge on any atom is 0.311 e. The Balaban J connectivity index is 1.27. The average Bonchev–Trinajstić information content (AvgIpc) is 2.77. The first-order valence-corrected chi connectivity index (χ1v) is 9.98. The molecule has 0 aliphatic rings. The Kier molecular flexibility index (Phi) is 5.99. The molecular weight excluding hydrogens is 376 g/mol. The number of carbonyl (C=O) groups excluding carboxylic acids is 2. The first-order valence-electron chi connectivity index (χ1n) is 9.98. The number of amides is 1. The molecule has 0 saturated heterocycles. The van der Waals surface area contributed by atoms with Gasteiger partial charge in [0.05, 0.1) is 11.0 Å². The van der Waals surface area contributed by atoms with E-state index in [0.717, 1.165) is 27.4 Å². The fourth-order valence-electron chi connectivity index (χ4n) is 3.28. The van der Waals surface area contributed by atoms with Gasteiger partial charge in [-0.05, 0) is 42.3 Å². The summed E-state index contributed by atoms with van der Waals surface area (Å²) in [5, 5.41) is 4.81. The number of pyridine rings is 1. The molecule has 0 radical (unpaired) electrons. The van der Waals surface area contributed by atoms with Gasteiger partial charge in [-0.1, -0.05) is 48.5 Å². The van der Waals surface area contributed by atoms with Crippen LogP contribution in [0.4, 0.5) is 0 Å². The molecule has 150 valence electrons. The van der Waals surface area contributed by atoms with Crippen LogP contribution in [0, 0.1) is 0 Å². The normalized spacial score (nSPS) is 10.8. The molecule has 0 spiro atoms. The molecule has 0 aliphatic carbocycles. The van der Waals surface area contributed by atoms with Gasteiger partial charge in [0.2, 0.25) is 5.91 Å². The molecule has 5 heteroatoms. The van der Waals surface area contributed by atoms with Gasteiger partial charge in [0.25, 0.3) is 0 Å². The summed E-state index contributed by atoms with van der Waals surface area (Å²) in [6.45, 7) is 0.490. The Labute approximate surface area is 174 Å². The molecule has 1 heterocycles. The summed E-state index contributed by atoms with van der Waals surface area (Å²) in [7, 11) is 0. The number of aromatic nitrogens is 1. The van der Waals surface area contributed by atoms with Crippen LogP contribution in [0.5, 0.6) is 5.75 Å². The van der Waals surface area contributed by atoms with Crippen molar-refractivity contribution < 1.29 is 14.3 Å².